The van der Waals surface area contributed by atoms with Crippen LogP contribution in [-0.4, -0.2) is 0 Å². The second kappa shape index (κ2) is 6.61. The summed E-state index contributed by atoms with van der Waals surface area (Å²) in [5.74, 6) is -0.104. The van der Waals surface area contributed by atoms with Crippen LogP contribution in [0.3, 0.4) is 0 Å². The first-order chi connectivity index (χ1) is 9.19. The van der Waals surface area contributed by atoms with Crippen molar-refractivity contribution < 1.29 is 0 Å². The third kappa shape index (κ3) is 3.99. The second-order valence-electron chi connectivity index (χ2n) is 4.40. The van der Waals surface area contributed by atoms with Crippen molar-refractivity contribution in [3.05, 3.63) is 69.7 Å². The van der Waals surface area contributed by atoms with Crippen LogP contribution in [0, 0.1) is 11.3 Å². The molecule has 0 N–H and O–H groups in total. The van der Waals surface area contributed by atoms with Crippen LogP contribution in [0.1, 0.15) is 23.5 Å². The van der Waals surface area contributed by atoms with E-state index >= 15 is 0 Å². The van der Waals surface area contributed by atoms with Crippen molar-refractivity contribution in [2.24, 2.45) is 0 Å². The third-order valence-corrected chi connectivity index (χ3v) is 3.57. The van der Waals surface area contributed by atoms with E-state index in [1.807, 2.05) is 48.5 Å². The Morgan fingerprint density at radius 1 is 0.895 bits per heavy atom. The maximum atomic E-state index is 9.27. The van der Waals surface area contributed by atoms with Gasteiger partial charge in [0.1, 0.15) is 0 Å². The molecule has 2 aromatic carbocycles. The van der Waals surface area contributed by atoms with Gasteiger partial charge in [0.2, 0.25) is 0 Å². The standard InChI is InChI=1S/C16H13Cl2N/c17-15-7-2-12(3-8-15)1-4-14(11-19)13-5-9-16(18)10-6-13/h2-3,5-10,14H,1,4H2/t14-/m1/s1. The Labute approximate surface area is 123 Å². The molecule has 3 heteroatoms. The van der Waals surface area contributed by atoms with E-state index in [1.165, 1.54) is 5.56 Å². The molecule has 1 atom stereocenters. The fourth-order valence-corrected chi connectivity index (χ4v) is 2.21. The summed E-state index contributed by atoms with van der Waals surface area (Å²) in [4.78, 5) is 0. The quantitative estimate of drug-likeness (QED) is 0.756. The summed E-state index contributed by atoms with van der Waals surface area (Å²) in [6.45, 7) is 0. The van der Waals surface area contributed by atoms with Crippen LogP contribution >= 0.6 is 23.2 Å². The average Bonchev–Trinajstić information content (AvgIpc) is 2.43. The summed E-state index contributed by atoms with van der Waals surface area (Å²) in [6.07, 6.45) is 1.65. The highest BCUT2D eigenvalue weighted by molar-refractivity contribution is 6.30. The van der Waals surface area contributed by atoms with Gasteiger partial charge in [-0.15, -0.1) is 0 Å². The van der Waals surface area contributed by atoms with E-state index in [0.29, 0.717) is 5.02 Å². The predicted octanol–water partition coefficient (Wildman–Crippen LogP) is 5.23. The number of halogens is 2. The SMILES string of the molecule is N#C[C@@H](CCc1ccc(Cl)cc1)c1ccc(Cl)cc1. The highest BCUT2D eigenvalue weighted by atomic mass is 35.5. The molecule has 19 heavy (non-hydrogen) atoms. The second-order valence-corrected chi connectivity index (χ2v) is 5.27. The van der Waals surface area contributed by atoms with Gasteiger partial charge in [0, 0.05) is 10.0 Å². The molecule has 0 radical (unpaired) electrons. The average molecular weight is 290 g/mol. The van der Waals surface area contributed by atoms with Gasteiger partial charge in [-0.3, -0.25) is 0 Å². The van der Waals surface area contributed by atoms with Crippen molar-refractivity contribution in [2.75, 3.05) is 0 Å². The van der Waals surface area contributed by atoms with Gasteiger partial charge in [-0.2, -0.15) is 5.26 Å². The van der Waals surface area contributed by atoms with E-state index in [4.69, 9.17) is 23.2 Å². The zero-order valence-electron chi connectivity index (χ0n) is 10.3. The third-order valence-electron chi connectivity index (χ3n) is 3.06. The minimum absolute atomic E-state index is 0.104. The molecule has 0 aliphatic heterocycles. The van der Waals surface area contributed by atoms with Crippen molar-refractivity contribution in [1.82, 2.24) is 0 Å². The van der Waals surface area contributed by atoms with Crippen molar-refractivity contribution >= 4 is 23.2 Å². The van der Waals surface area contributed by atoms with E-state index in [1.54, 1.807) is 0 Å². The number of hydrogen-bond acceptors (Lipinski definition) is 1. The molecule has 0 bridgehead atoms. The van der Waals surface area contributed by atoms with Crippen LogP contribution in [0.15, 0.2) is 48.5 Å². The van der Waals surface area contributed by atoms with Gasteiger partial charge >= 0.3 is 0 Å². The van der Waals surface area contributed by atoms with Gasteiger partial charge in [-0.1, -0.05) is 47.5 Å². The maximum absolute atomic E-state index is 9.27. The number of benzene rings is 2. The fraction of sp³-hybridized carbons (Fsp3) is 0.188. The highest BCUT2D eigenvalue weighted by Gasteiger charge is 2.10. The van der Waals surface area contributed by atoms with Gasteiger partial charge in [0.25, 0.3) is 0 Å². The fourth-order valence-electron chi connectivity index (χ4n) is 1.96. The first-order valence-electron chi connectivity index (χ1n) is 6.08. The Kier molecular flexibility index (Phi) is 4.85. The molecule has 0 fully saturated rings. The van der Waals surface area contributed by atoms with Crippen molar-refractivity contribution in [3.63, 3.8) is 0 Å². The Bertz CT molecular complexity index is 567. The van der Waals surface area contributed by atoms with Crippen LogP contribution in [-0.2, 0) is 6.42 Å². The van der Waals surface area contributed by atoms with E-state index in [9.17, 15) is 5.26 Å². The zero-order valence-corrected chi connectivity index (χ0v) is 11.8. The van der Waals surface area contributed by atoms with E-state index in [0.717, 1.165) is 23.4 Å². The van der Waals surface area contributed by atoms with Crippen LogP contribution in [0.4, 0.5) is 0 Å². The number of aryl methyl sites for hydroxylation is 1. The van der Waals surface area contributed by atoms with Crippen LogP contribution in [0.2, 0.25) is 10.0 Å². The maximum Gasteiger partial charge on any atom is 0.0715 e. The molecule has 0 amide bonds. The summed E-state index contributed by atoms with van der Waals surface area (Å²) in [7, 11) is 0. The van der Waals surface area contributed by atoms with E-state index in [-0.39, 0.29) is 5.92 Å². The van der Waals surface area contributed by atoms with Gasteiger partial charge in [0.15, 0.2) is 0 Å². The van der Waals surface area contributed by atoms with E-state index in [2.05, 4.69) is 6.07 Å². The molecule has 0 aromatic heterocycles. The number of nitriles is 1. The van der Waals surface area contributed by atoms with Crippen molar-refractivity contribution in [2.45, 2.75) is 18.8 Å². The summed E-state index contributed by atoms with van der Waals surface area (Å²) in [5.41, 5.74) is 2.21. The molecule has 0 spiro atoms. The first-order valence-corrected chi connectivity index (χ1v) is 6.84. The molecule has 0 heterocycles. The molecule has 2 aromatic rings. The van der Waals surface area contributed by atoms with Crippen molar-refractivity contribution in [3.8, 4) is 6.07 Å². The summed E-state index contributed by atoms with van der Waals surface area (Å²) in [5, 5.41) is 10.7. The molecular weight excluding hydrogens is 277 g/mol. The lowest BCUT2D eigenvalue weighted by molar-refractivity contribution is 0.746. The Balaban J connectivity index is 2.02. The number of rotatable bonds is 4. The zero-order chi connectivity index (χ0) is 13.7. The molecule has 2 rings (SSSR count). The normalized spacial score (nSPS) is 11.8. The first kappa shape index (κ1) is 13.9. The summed E-state index contributed by atoms with van der Waals surface area (Å²) in [6, 6.07) is 17.6. The van der Waals surface area contributed by atoms with Crippen LogP contribution in [0.5, 0.6) is 0 Å². The summed E-state index contributed by atoms with van der Waals surface area (Å²) >= 11 is 11.7. The van der Waals surface area contributed by atoms with Crippen LogP contribution < -0.4 is 0 Å². The van der Waals surface area contributed by atoms with Crippen LogP contribution in [0.25, 0.3) is 0 Å². The lowest BCUT2D eigenvalue weighted by Gasteiger charge is -2.09. The van der Waals surface area contributed by atoms with Gasteiger partial charge in [-0.05, 0) is 48.2 Å². The molecule has 0 aliphatic carbocycles. The summed E-state index contributed by atoms with van der Waals surface area (Å²) < 4.78 is 0. The van der Waals surface area contributed by atoms with Gasteiger partial charge in [-0.25, -0.2) is 0 Å². The molecule has 0 saturated carbocycles. The molecule has 96 valence electrons. The van der Waals surface area contributed by atoms with Crippen molar-refractivity contribution in [1.29, 1.82) is 5.26 Å². The Morgan fingerprint density at radius 2 is 1.42 bits per heavy atom. The molecule has 0 unspecified atom stereocenters. The molecule has 0 saturated heterocycles. The lowest BCUT2D eigenvalue weighted by atomic mass is 9.94. The Morgan fingerprint density at radius 3 is 1.95 bits per heavy atom. The van der Waals surface area contributed by atoms with Gasteiger partial charge in [0.05, 0.1) is 12.0 Å². The largest absolute Gasteiger partial charge is 0.198 e. The number of nitrogens with zero attached hydrogens (tertiary/aromatic N) is 1. The topological polar surface area (TPSA) is 23.8 Å². The molecule has 1 nitrogen and oxygen atoms in total. The Hall–Kier alpha value is -1.49. The molecule has 0 aliphatic rings. The predicted molar refractivity (Wildman–Crippen MR) is 79.6 cm³/mol. The minimum Gasteiger partial charge on any atom is -0.198 e. The number of hydrogen-bond donors (Lipinski definition) is 0. The minimum atomic E-state index is -0.104. The smallest absolute Gasteiger partial charge is 0.0715 e. The van der Waals surface area contributed by atoms with E-state index < -0.39 is 0 Å². The lowest BCUT2D eigenvalue weighted by Crippen LogP contribution is -1.98. The van der Waals surface area contributed by atoms with Gasteiger partial charge < -0.3 is 0 Å². The highest BCUT2D eigenvalue weighted by Crippen LogP contribution is 2.23. The monoisotopic (exact) mass is 289 g/mol. The molecular formula is C16H13Cl2N.